The van der Waals surface area contributed by atoms with E-state index in [1.165, 1.54) is 18.4 Å². The highest BCUT2D eigenvalue weighted by Crippen LogP contribution is 2.41. The van der Waals surface area contributed by atoms with Crippen LogP contribution in [0.2, 0.25) is 0 Å². The smallest absolute Gasteiger partial charge is 0.0587 e. The average molecular weight is 247 g/mol. The molecule has 0 amide bonds. The van der Waals surface area contributed by atoms with Crippen LogP contribution in [0.1, 0.15) is 43.7 Å². The van der Waals surface area contributed by atoms with Gasteiger partial charge in [0.1, 0.15) is 0 Å². The van der Waals surface area contributed by atoms with Gasteiger partial charge in [-0.05, 0) is 35.3 Å². The Morgan fingerprint density at radius 2 is 2.11 bits per heavy atom. The number of hydrogen-bond acceptors (Lipinski definition) is 2. The molecule has 18 heavy (non-hydrogen) atoms. The summed E-state index contributed by atoms with van der Waals surface area (Å²) >= 11 is 0. The van der Waals surface area contributed by atoms with Crippen LogP contribution in [-0.4, -0.2) is 26.8 Å². The van der Waals surface area contributed by atoms with Gasteiger partial charge in [0.2, 0.25) is 0 Å². The number of rotatable bonds is 5. The predicted octanol–water partition coefficient (Wildman–Crippen LogP) is 3.08. The first-order valence-electron chi connectivity index (χ1n) is 6.94. The first kappa shape index (κ1) is 13.6. The fraction of sp³-hybridized carbons (Fsp3) is 0.625. The molecule has 0 spiro atoms. The Hall–Kier alpha value is -0.860. The molecule has 1 aromatic carbocycles. The fourth-order valence-electron chi connectivity index (χ4n) is 2.96. The fourth-order valence-corrected chi connectivity index (χ4v) is 2.96. The Kier molecular flexibility index (Phi) is 4.41. The molecule has 0 aliphatic heterocycles. The summed E-state index contributed by atoms with van der Waals surface area (Å²) in [5.74, 6) is 0.658. The van der Waals surface area contributed by atoms with Crippen LogP contribution in [0.3, 0.4) is 0 Å². The minimum Gasteiger partial charge on any atom is -0.383 e. The molecule has 0 heterocycles. The SMILES string of the molecule is COCCNCC1CCC(C)(C)c2ccccc21. The molecule has 100 valence electrons. The molecule has 1 aliphatic carbocycles. The number of methoxy groups -OCH3 is 1. The molecule has 0 radical (unpaired) electrons. The van der Waals surface area contributed by atoms with Crippen LogP contribution >= 0.6 is 0 Å². The van der Waals surface area contributed by atoms with Crippen LogP contribution < -0.4 is 5.32 Å². The Labute approximate surface area is 111 Å². The molecule has 0 aromatic heterocycles. The topological polar surface area (TPSA) is 21.3 Å². The molecule has 1 N–H and O–H groups in total. The van der Waals surface area contributed by atoms with E-state index in [9.17, 15) is 0 Å². The van der Waals surface area contributed by atoms with Crippen molar-refractivity contribution in [1.29, 1.82) is 0 Å². The lowest BCUT2D eigenvalue weighted by Gasteiger charge is -2.37. The van der Waals surface area contributed by atoms with Gasteiger partial charge in [0, 0.05) is 20.2 Å². The van der Waals surface area contributed by atoms with Crippen molar-refractivity contribution >= 4 is 0 Å². The molecular weight excluding hydrogens is 222 g/mol. The van der Waals surface area contributed by atoms with Gasteiger partial charge in [0.15, 0.2) is 0 Å². The van der Waals surface area contributed by atoms with Crippen LogP contribution in [0.25, 0.3) is 0 Å². The normalized spacial score (nSPS) is 21.6. The summed E-state index contributed by atoms with van der Waals surface area (Å²) < 4.78 is 5.07. The number of fused-ring (bicyclic) bond motifs is 1. The van der Waals surface area contributed by atoms with Crippen molar-refractivity contribution in [2.24, 2.45) is 0 Å². The van der Waals surface area contributed by atoms with Gasteiger partial charge in [-0.15, -0.1) is 0 Å². The summed E-state index contributed by atoms with van der Waals surface area (Å²) in [4.78, 5) is 0. The van der Waals surface area contributed by atoms with Crippen LogP contribution in [0.4, 0.5) is 0 Å². The summed E-state index contributed by atoms with van der Waals surface area (Å²) in [6.45, 7) is 7.52. The van der Waals surface area contributed by atoms with Gasteiger partial charge < -0.3 is 10.1 Å². The van der Waals surface area contributed by atoms with E-state index in [0.717, 1.165) is 19.7 Å². The highest BCUT2D eigenvalue weighted by Gasteiger charge is 2.31. The second kappa shape index (κ2) is 5.85. The third-order valence-corrected chi connectivity index (χ3v) is 4.12. The zero-order valence-corrected chi connectivity index (χ0v) is 11.8. The van der Waals surface area contributed by atoms with Crippen molar-refractivity contribution in [1.82, 2.24) is 5.32 Å². The lowest BCUT2D eigenvalue weighted by molar-refractivity contribution is 0.198. The minimum absolute atomic E-state index is 0.333. The quantitative estimate of drug-likeness (QED) is 0.807. The molecule has 0 bridgehead atoms. The van der Waals surface area contributed by atoms with E-state index in [0.29, 0.717) is 11.3 Å². The van der Waals surface area contributed by atoms with Gasteiger partial charge in [-0.3, -0.25) is 0 Å². The maximum Gasteiger partial charge on any atom is 0.0587 e. The Balaban J connectivity index is 2.06. The van der Waals surface area contributed by atoms with Crippen molar-refractivity contribution in [2.45, 2.75) is 38.0 Å². The van der Waals surface area contributed by atoms with E-state index >= 15 is 0 Å². The molecular formula is C16H25NO. The maximum absolute atomic E-state index is 5.07. The summed E-state index contributed by atoms with van der Waals surface area (Å²) in [5.41, 5.74) is 3.41. The van der Waals surface area contributed by atoms with Crippen molar-refractivity contribution < 1.29 is 4.74 Å². The van der Waals surface area contributed by atoms with Crippen LogP contribution in [0.15, 0.2) is 24.3 Å². The molecule has 2 heteroatoms. The lowest BCUT2D eigenvalue weighted by Crippen LogP contribution is -2.32. The third kappa shape index (κ3) is 2.93. The van der Waals surface area contributed by atoms with Crippen molar-refractivity contribution in [3.8, 4) is 0 Å². The van der Waals surface area contributed by atoms with Crippen molar-refractivity contribution in [3.05, 3.63) is 35.4 Å². The first-order valence-corrected chi connectivity index (χ1v) is 6.94. The van der Waals surface area contributed by atoms with Crippen LogP contribution in [-0.2, 0) is 10.2 Å². The maximum atomic E-state index is 5.07. The largest absolute Gasteiger partial charge is 0.383 e. The lowest BCUT2D eigenvalue weighted by atomic mass is 9.69. The van der Waals surface area contributed by atoms with Crippen LogP contribution in [0.5, 0.6) is 0 Å². The monoisotopic (exact) mass is 247 g/mol. The molecule has 1 aliphatic rings. The zero-order chi connectivity index (χ0) is 13.0. The average Bonchev–Trinajstić information content (AvgIpc) is 2.37. The van der Waals surface area contributed by atoms with E-state index in [4.69, 9.17) is 4.74 Å². The Morgan fingerprint density at radius 3 is 2.89 bits per heavy atom. The van der Waals surface area contributed by atoms with Gasteiger partial charge in [0.05, 0.1) is 6.61 Å². The Morgan fingerprint density at radius 1 is 1.33 bits per heavy atom. The third-order valence-electron chi connectivity index (χ3n) is 4.12. The summed E-state index contributed by atoms with van der Waals surface area (Å²) in [7, 11) is 1.75. The van der Waals surface area contributed by atoms with E-state index in [1.54, 1.807) is 12.7 Å². The summed E-state index contributed by atoms with van der Waals surface area (Å²) in [6.07, 6.45) is 2.56. The van der Waals surface area contributed by atoms with E-state index in [1.807, 2.05) is 0 Å². The van der Waals surface area contributed by atoms with Gasteiger partial charge >= 0.3 is 0 Å². The minimum atomic E-state index is 0.333. The molecule has 2 rings (SSSR count). The van der Waals surface area contributed by atoms with Crippen molar-refractivity contribution in [3.63, 3.8) is 0 Å². The van der Waals surface area contributed by atoms with Crippen LogP contribution in [0, 0.1) is 0 Å². The second-order valence-corrected chi connectivity index (χ2v) is 5.90. The standard InChI is InChI=1S/C16H25NO/c1-16(2)9-8-13(12-17-10-11-18-3)14-6-4-5-7-15(14)16/h4-7,13,17H,8-12H2,1-3H3. The first-order chi connectivity index (χ1) is 8.65. The summed E-state index contributed by atoms with van der Waals surface area (Å²) in [5, 5.41) is 3.50. The molecule has 1 atom stereocenters. The van der Waals surface area contributed by atoms with E-state index in [2.05, 4.69) is 43.4 Å². The predicted molar refractivity (Wildman–Crippen MR) is 76.2 cm³/mol. The zero-order valence-electron chi connectivity index (χ0n) is 11.8. The molecule has 1 unspecified atom stereocenters. The van der Waals surface area contributed by atoms with E-state index < -0.39 is 0 Å². The number of nitrogens with one attached hydrogen (secondary N) is 1. The summed E-state index contributed by atoms with van der Waals surface area (Å²) in [6, 6.07) is 8.94. The van der Waals surface area contributed by atoms with Gasteiger partial charge in [-0.2, -0.15) is 0 Å². The molecule has 0 fully saturated rings. The number of ether oxygens (including phenoxy) is 1. The van der Waals surface area contributed by atoms with Crippen molar-refractivity contribution in [2.75, 3.05) is 26.8 Å². The highest BCUT2D eigenvalue weighted by molar-refractivity contribution is 5.38. The number of benzene rings is 1. The highest BCUT2D eigenvalue weighted by atomic mass is 16.5. The molecule has 0 saturated heterocycles. The molecule has 0 saturated carbocycles. The second-order valence-electron chi connectivity index (χ2n) is 5.90. The molecule has 2 nitrogen and oxygen atoms in total. The van der Waals surface area contributed by atoms with Gasteiger partial charge in [-0.1, -0.05) is 38.1 Å². The Bertz CT molecular complexity index is 386. The number of hydrogen-bond donors (Lipinski definition) is 1. The van der Waals surface area contributed by atoms with Gasteiger partial charge in [-0.25, -0.2) is 0 Å². The van der Waals surface area contributed by atoms with E-state index in [-0.39, 0.29) is 0 Å². The van der Waals surface area contributed by atoms with Gasteiger partial charge in [0.25, 0.3) is 0 Å². The molecule has 1 aromatic rings.